The van der Waals surface area contributed by atoms with Gasteiger partial charge in [-0.3, -0.25) is 4.79 Å². The summed E-state index contributed by atoms with van der Waals surface area (Å²) in [7, 11) is 1.62. The van der Waals surface area contributed by atoms with Crippen LogP contribution < -0.4 is 9.47 Å². The van der Waals surface area contributed by atoms with Gasteiger partial charge in [0, 0.05) is 22.6 Å². The molecular weight excluding hydrogens is 394 g/mol. The van der Waals surface area contributed by atoms with E-state index in [-0.39, 0.29) is 12.4 Å². The second-order valence-electron chi connectivity index (χ2n) is 7.18. The van der Waals surface area contributed by atoms with Crippen molar-refractivity contribution in [3.8, 4) is 17.2 Å². The molecule has 0 aliphatic rings. The summed E-state index contributed by atoms with van der Waals surface area (Å²) in [4.78, 5) is 25.2. The van der Waals surface area contributed by atoms with E-state index in [9.17, 15) is 9.59 Å². The molecule has 0 bridgehead atoms. The Morgan fingerprint density at radius 3 is 2.26 bits per heavy atom. The highest BCUT2D eigenvalue weighted by atomic mass is 16.6. The highest BCUT2D eigenvalue weighted by Crippen LogP contribution is 2.23. The minimum Gasteiger partial charge on any atom is -0.497 e. The van der Waals surface area contributed by atoms with Gasteiger partial charge in [0.05, 0.1) is 7.11 Å². The van der Waals surface area contributed by atoms with Crippen molar-refractivity contribution in [2.24, 2.45) is 0 Å². The van der Waals surface area contributed by atoms with Crippen molar-refractivity contribution in [1.29, 1.82) is 0 Å². The van der Waals surface area contributed by atoms with Crippen LogP contribution in [-0.2, 0) is 9.53 Å². The lowest BCUT2D eigenvalue weighted by molar-refractivity contribution is -0.150. The summed E-state index contributed by atoms with van der Waals surface area (Å²) >= 11 is 0. The Morgan fingerprint density at radius 2 is 1.65 bits per heavy atom. The predicted molar refractivity (Wildman–Crippen MR) is 118 cm³/mol. The molecule has 0 fully saturated rings. The molecule has 3 aromatic rings. The van der Waals surface area contributed by atoms with Crippen molar-refractivity contribution in [3.63, 3.8) is 0 Å². The molecule has 6 heteroatoms. The summed E-state index contributed by atoms with van der Waals surface area (Å²) in [5.41, 5.74) is 3.15. The first-order valence-corrected chi connectivity index (χ1v) is 10.2. The first-order valence-electron chi connectivity index (χ1n) is 10.2. The highest BCUT2D eigenvalue weighted by molar-refractivity contribution is 5.99. The molecule has 0 saturated heterocycles. The first kappa shape index (κ1) is 22.2. The number of benzene rings is 2. The van der Waals surface area contributed by atoms with Crippen molar-refractivity contribution >= 4 is 11.8 Å². The Balaban J connectivity index is 1.68. The Morgan fingerprint density at radius 1 is 0.968 bits per heavy atom. The maximum absolute atomic E-state index is 12.8. The normalized spacial score (nSPS) is 11.6. The van der Waals surface area contributed by atoms with Crippen LogP contribution in [0, 0.1) is 13.8 Å². The van der Waals surface area contributed by atoms with Gasteiger partial charge in [-0.15, -0.1) is 0 Å². The number of methoxy groups -OCH3 is 1. The summed E-state index contributed by atoms with van der Waals surface area (Å²) in [6.45, 7) is 5.31. The molecule has 162 valence electrons. The summed E-state index contributed by atoms with van der Waals surface area (Å²) in [5.74, 6) is 0.540. The van der Waals surface area contributed by atoms with E-state index in [1.54, 1.807) is 19.2 Å². The first-order chi connectivity index (χ1) is 14.9. The fraction of sp³-hybridized carbons (Fsp3) is 0.280. The minimum atomic E-state index is -0.762. The number of carbonyl (C=O) groups excluding carboxylic acids is 2. The average Bonchev–Trinajstić information content (AvgIpc) is 3.10. The number of nitrogens with zero attached hydrogens (tertiary/aromatic N) is 1. The van der Waals surface area contributed by atoms with E-state index in [2.05, 4.69) is 0 Å². The second-order valence-corrected chi connectivity index (χ2v) is 7.18. The minimum absolute atomic E-state index is 0.254. The van der Waals surface area contributed by atoms with Gasteiger partial charge >= 0.3 is 5.97 Å². The smallest absolute Gasteiger partial charge is 0.347 e. The van der Waals surface area contributed by atoms with Crippen molar-refractivity contribution in [3.05, 3.63) is 77.6 Å². The van der Waals surface area contributed by atoms with Gasteiger partial charge in [0.25, 0.3) is 0 Å². The molecule has 6 nitrogen and oxygen atoms in total. The summed E-state index contributed by atoms with van der Waals surface area (Å²) in [6.07, 6.45) is -0.324. The molecule has 0 amide bonds. The van der Waals surface area contributed by atoms with Gasteiger partial charge in [0.15, 0.2) is 12.7 Å². The molecule has 1 heterocycles. The Kier molecular flexibility index (Phi) is 7.13. The van der Waals surface area contributed by atoms with Crippen LogP contribution in [0.5, 0.6) is 11.5 Å². The molecule has 0 aliphatic carbocycles. The Hall–Kier alpha value is -3.54. The van der Waals surface area contributed by atoms with E-state index >= 15 is 0 Å². The molecule has 0 N–H and O–H groups in total. The lowest BCUT2D eigenvalue weighted by Crippen LogP contribution is -2.30. The van der Waals surface area contributed by atoms with E-state index in [1.807, 2.05) is 73.9 Å². The maximum atomic E-state index is 12.8. The van der Waals surface area contributed by atoms with Crippen LogP contribution in [0.2, 0.25) is 0 Å². The molecule has 1 aromatic heterocycles. The van der Waals surface area contributed by atoms with E-state index in [1.165, 1.54) is 0 Å². The van der Waals surface area contributed by atoms with Crippen LogP contribution in [0.15, 0.2) is 60.7 Å². The van der Waals surface area contributed by atoms with Crippen molar-refractivity contribution in [2.75, 3.05) is 13.7 Å². The van der Waals surface area contributed by atoms with Gasteiger partial charge in [-0.05, 0) is 62.7 Å². The van der Waals surface area contributed by atoms with Crippen LogP contribution >= 0.6 is 0 Å². The zero-order chi connectivity index (χ0) is 22.4. The highest BCUT2D eigenvalue weighted by Gasteiger charge is 2.23. The van der Waals surface area contributed by atoms with E-state index in [0.29, 0.717) is 17.7 Å². The van der Waals surface area contributed by atoms with Crippen molar-refractivity contribution in [2.45, 2.75) is 33.3 Å². The SMILES string of the molecule is CC[C@@H](Oc1ccccc1)C(=O)OCC(=O)c1cc(C)n(-c2ccc(OC)cc2)c1C. The Labute approximate surface area is 182 Å². The molecular formula is C25H27NO5. The van der Waals surface area contributed by atoms with Gasteiger partial charge in [0.1, 0.15) is 11.5 Å². The number of ketones is 1. The predicted octanol–water partition coefficient (Wildman–Crippen LogP) is 4.69. The Bertz CT molecular complexity index is 1040. The lowest BCUT2D eigenvalue weighted by Gasteiger charge is -2.16. The van der Waals surface area contributed by atoms with Gasteiger partial charge in [-0.2, -0.15) is 0 Å². The number of para-hydroxylation sites is 1. The lowest BCUT2D eigenvalue weighted by atomic mass is 10.1. The average molecular weight is 421 g/mol. The van der Waals surface area contributed by atoms with E-state index in [0.717, 1.165) is 22.8 Å². The molecule has 31 heavy (non-hydrogen) atoms. The quantitative estimate of drug-likeness (QED) is 0.371. The van der Waals surface area contributed by atoms with Crippen molar-refractivity contribution in [1.82, 2.24) is 4.57 Å². The third kappa shape index (κ3) is 5.15. The molecule has 0 unspecified atom stereocenters. The molecule has 0 aliphatic heterocycles. The number of hydrogen-bond acceptors (Lipinski definition) is 5. The summed E-state index contributed by atoms with van der Waals surface area (Å²) < 4.78 is 18.2. The number of aromatic nitrogens is 1. The van der Waals surface area contributed by atoms with Gasteiger partial charge in [-0.25, -0.2) is 4.79 Å². The van der Waals surface area contributed by atoms with Crippen LogP contribution in [0.1, 0.15) is 35.1 Å². The number of rotatable bonds is 9. The molecule has 2 aromatic carbocycles. The second kappa shape index (κ2) is 9.98. The number of hydrogen-bond donors (Lipinski definition) is 0. The van der Waals surface area contributed by atoms with Crippen LogP contribution in [0.4, 0.5) is 0 Å². The molecule has 1 atom stereocenters. The van der Waals surface area contributed by atoms with Crippen LogP contribution in [-0.4, -0.2) is 36.1 Å². The van der Waals surface area contributed by atoms with Crippen molar-refractivity contribution < 1.29 is 23.8 Å². The summed E-state index contributed by atoms with van der Waals surface area (Å²) in [6, 6.07) is 18.5. The van der Waals surface area contributed by atoms with Gasteiger partial charge in [-0.1, -0.05) is 25.1 Å². The number of aryl methyl sites for hydroxylation is 1. The number of esters is 1. The molecule has 3 rings (SSSR count). The fourth-order valence-corrected chi connectivity index (χ4v) is 3.44. The number of carbonyl (C=O) groups is 2. The zero-order valence-corrected chi connectivity index (χ0v) is 18.3. The standard InChI is InChI=1S/C25H27NO5/c1-5-24(31-21-9-7-6-8-10-21)25(28)30-16-23(27)22-15-17(2)26(18(22)3)19-11-13-20(29-4)14-12-19/h6-15,24H,5,16H2,1-4H3/t24-/m1/s1. The maximum Gasteiger partial charge on any atom is 0.347 e. The summed E-state index contributed by atoms with van der Waals surface area (Å²) in [5, 5.41) is 0. The molecule has 0 radical (unpaired) electrons. The van der Waals surface area contributed by atoms with Gasteiger partial charge < -0.3 is 18.8 Å². The largest absolute Gasteiger partial charge is 0.497 e. The van der Waals surface area contributed by atoms with E-state index in [4.69, 9.17) is 14.2 Å². The third-order valence-corrected chi connectivity index (χ3v) is 5.06. The zero-order valence-electron chi connectivity index (χ0n) is 18.3. The molecule has 0 saturated carbocycles. The number of ether oxygens (including phenoxy) is 3. The van der Waals surface area contributed by atoms with Crippen LogP contribution in [0.3, 0.4) is 0 Å². The monoisotopic (exact) mass is 421 g/mol. The van der Waals surface area contributed by atoms with Gasteiger partial charge in [0.2, 0.25) is 5.78 Å². The third-order valence-electron chi connectivity index (χ3n) is 5.06. The molecule has 0 spiro atoms. The van der Waals surface area contributed by atoms with Crippen LogP contribution in [0.25, 0.3) is 5.69 Å². The topological polar surface area (TPSA) is 66.8 Å². The number of Topliss-reactive ketones (excluding diaryl/α,β-unsaturated/α-hetero) is 1. The fourth-order valence-electron chi connectivity index (χ4n) is 3.44. The van der Waals surface area contributed by atoms with E-state index < -0.39 is 12.1 Å².